The molecule has 0 atom stereocenters. The molecule has 47 heavy (non-hydrogen) atoms. The molecule has 0 bridgehead atoms. The first-order chi connectivity index (χ1) is 23.1. The lowest BCUT2D eigenvalue weighted by atomic mass is 10.2. The van der Waals surface area contributed by atoms with E-state index in [1.165, 1.54) is 12.1 Å². The van der Waals surface area contributed by atoms with Gasteiger partial charge in [-0.3, -0.25) is 20.2 Å². The van der Waals surface area contributed by atoms with E-state index in [0.29, 0.717) is 139 Å². The lowest BCUT2D eigenvalue weighted by Gasteiger charge is -2.09. The molecule has 0 aromatic heterocycles. The molecular formula is C29H51N3O15. The van der Waals surface area contributed by atoms with Crippen LogP contribution in [0.15, 0.2) is 18.2 Å². The SMILES string of the molecule is COCCOCCOCCOCCOCCOCCOCCOCCOCCOCCOCCNc1ccc([N+](=O)[O-])cc1[N+](=O)[O-]. The second-order valence-electron chi connectivity index (χ2n) is 9.26. The number of rotatable bonds is 36. The molecule has 0 saturated carbocycles. The van der Waals surface area contributed by atoms with E-state index in [2.05, 4.69) is 5.32 Å². The van der Waals surface area contributed by atoms with E-state index >= 15 is 0 Å². The number of benzene rings is 1. The van der Waals surface area contributed by atoms with E-state index in [4.69, 9.17) is 52.1 Å². The van der Waals surface area contributed by atoms with Crippen molar-refractivity contribution in [2.75, 3.05) is 158 Å². The number of nitrogens with zero attached hydrogens (tertiary/aromatic N) is 2. The number of nitrogens with one attached hydrogen (secondary N) is 1. The molecule has 0 saturated heterocycles. The number of ether oxygens (including phenoxy) is 11. The van der Waals surface area contributed by atoms with Crippen LogP contribution in [0.2, 0.25) is 0 Å². The van der Waals surface area contributed by atoms with Gasteiger partial charge in [0.2, 0.25) is 0 Å². The largest absolute Gasteiger partial charge is 0.382 e. The van der Waals surface area contributed by atoms with Crippen LogP contribution in [0.4, 0.5) is 17.1 Å². The molecule has 1 N–H and O–H groups in total. The molecule has 0 heterocycles. The Hall–Kier alpha value is -2.62. The molecule has 272 valence electrons. The molecule has 0 aliphatic rings. The average Bonchev–Trinajstić information content (AvgIpc) is 3.06. The summed E-state index contributed by atoms with van der Waals surface area (Å²) >= 11 is 0. The van der Waals surface area contributed by atoms with E-state index in [-0.39, 0.29) is 23.7 Å². The van der Waals surface area contributed by atoms with Gasteiger partial charge >= 0.3 is 0 Å². The number of methoxy groups -OCH3 is 1. The van der Waals surface area contributed by atoms with Crippen molar-refractivity contribution >= 4 is 17.1 Å². The van der Waals surface area contributed by atoms with Crippen LogP contribution in [0.25, 0.3) is 0 Å². The molecule has 1 aromatic rings. The fourth-order valence-electron chi connectivity index (χ4n) is 3.42. The van der Waals surface area contributed by atoms with Gasteiger partial charge in [-0.25, -0.2) is 0 Å². The summed E-state index contributed by atoms with van der Waals surface area (Å²) in [5, 5.41) is 24.8. The molecule has 0 amide bonds. The number of anilines is 1. The molecule has 0 radical (unpaired) electrons. The van der Waals surface area contributed by atoms with Crippen molar-refractivity contribution in [3.63, 3.8) is 0 Å². The van der Waals surface area contributed by atoms with Crippen molar-refractivity contribution < 1.29 is 62.0 Å². The average molecular weight is 682 g/mol. The molecule has 0 aliphatic carbocycles. The van der Waals surface area contributed by atoms with E-state index in [1.54, 1.807) is 7.11 Å². The minimum atomic E-state index is -0.681. The fourth-order valence-corrected chi connectivity index (χ4v) is 3.42. The molecule has 0 spiro atoms. The van der Waals surface area contributed by atoms with Crippen molar-refractivity contribution in [2.45, 2.75) is 0 Å². The van der Waals surface area contributed by atoms with Crippen LogP contribution in [-0.4, -0.2) is 162 Å². The molecule has 18 nitrogen and oxygen atoms in total. The summed E-state index contributed by atoms with van der Waals surface area (Å²) < 4.78 is 59.0. The number of non-ortho nitro benzene ring substituents is 1. The van der Waals surface area contributed by atoms with Crippen LogP contribution in [0.3, 0.4) is 0 Å². The summed E-state index contributed by atoms with van der Waals surface area (Å²) in [5.41, 5.74) is -0.525. The summed E-state index contributed by atoms with van der Waals surface area (Å²) in [5.74, 6) is 0. The normalized spacial score (nSPS) is 11.3. The lowest BCUT2D eigenvalue weighted by Crippen LogP contribution is -2.16. The van der Waals surface area contributed by atoms with Crippen LogP contribution in [0.1, 0.15) is 0 Å². The molecule has 0 aliphatic heterocycles. The number of nitro groups is 2. The van der Waals surface area contributed by atoms with Crippen molar-refractivity contribution in [2.24, 2.45) is 0 Å². The second-order valence-corrected chi connectivity index (χ2v) is 9.26. The third-order valence-electron chi connectivity index (χ3n) is 5.73. The van der Waals surface area contributed by atoms with Gasteiger partial charge in [0.1, 0.15) is 5.69 Å². The van der Waals surface area contributed by atoms with Gasteiger partial charge in [-0.05, 0) is 6.07 Å². The Bertz CT molecular complexity index is 900. The zero-order chi connectivity index (χ0) is 34.0. The van der Waals surface area contributed by atoms with Gasteiger partial charge in [-0.15, -0.1) is 0 Å². The highest BCUT2D eigenvalue weighted by Gasteiger charge is 2.19. The third kappa shape index (κ3) is 26.1. The second kappa shape index (κ2) is 32.0. The van der Waals surface area contributed by atoms with Crippen molar-refractivity contribution in [3.8, 4) is 0 Å². The standard InChI is InChI=1S/C29H51N3O15/c1-37-6-7-39-10-11-41-14-15-43-18-19-45-22-23-47-25-24-46-21-20-44-17-16-42-13-12-40-9-8-38-5-4-30-28-3-2-27(31(33)34)26-29(28)32(35)36/h2-3,26,30H,4-25H2,1H3. The van der Waals surface area contributed by atoms with Crippen LogP contribution in [0.5, 0.6) is 0 Å². The predicted molar refractivity (Wildman–Crippen MR) is 168 cm³/mol. The maximum absolute atomic E-state index is 11.1. The molecule has 18 heteroatoms. The first kappa shape index (κ1) is 42.4. The first-order valence-electron chi connectivity index (χ1n) is 15.5. The number of nitro benzene ring substituents is 2. The van der Waals surface area contributed by atoms with Crippen molar-refractivity contribution in [3.05, 3.63) is 38.4 Å². The maximum Gasteiger partial charge on any atom is 0.299 e. The summed E-state index contributed by atoms with van der Waals surface area (Å²) in [6.07, 6.45) is 0. The molecule has 0 fully saturated rings. The molecular weight excluding hydrogens is 630 g/mol. The van der Waals surface area contributed by atoms with Crippen molar-refractivity contribution in [1.29, 1.82) is 0 Å². The molecule has 1 rings (SSSR count). The van der Waals surface area contributed by atoms with Gasteiger partial charge in [-0.1, -0.05) is 0 Å². The molecule has 1 aromatic carbocycles. The summed E-state index contributed by atoms with van der Waals surface area (Å²) in [7, 11) is 1.63. The minimum Gasteiger partial charge on any atom is -0.382 e. The Labute approximate surface area is 275 Å². The Morgan fingerprint density at radius 3 is 1.11 bits per heavy atom. The number of hydrogen-bond acceptors (Lipinski definition) is 16. The summed E-state index contributed by atoms with van der Waals surface area (Å²) in [4.78, 5) is 20.6. The van der Waals surface area contributed by atoms with Crippen LogP contribution >= 0.6 is 0 Å². The lowest BCUT2D eigenvalue weighted by molar-refractivity contribution is -0.393. The monoisotopic (exact) mass is 681 g/mol. The smallest absolute Gasteiger partial charge is 0.299 e. The predicted octanol–water partition coefficient (Wildman–Crippen LogP) is 1.73. The van der Waals surface area contributed by atoms with E-state index in [0.717, 1.165) is 6.07 Å². The Balaban J connectivity index is 1.73. The third-order valence-corrected chi connectivity index (χ3v) is 5.73. The highest BCUT2D eigenvalue weighted by atomic mass is 16.6. The van der Waals surface area contributed by atoms with Gasteiger partial charge in [0.25, 0.3) is 11.4 Å². The quantitative estimate of drug-likeness (QED) is 0.0609. The van der Waals surface area contributed by atoms with Gasteiger partial charge in [0, 0.05) is 19.7 Å². The zero-order valence-electron chi connectivity index (χ0n) is 27.3. The van der Waals surface area contributed by atoms with Gasteiger partial charge in [0.05, 0.1) is 155 Å². The summed E-state index contributed by atoms with van der Waals surface area (Å²) in [6, 6.07) is 3.43. The Morgan fingerprint density at radius 1 is 0.489 bits per heavy atom. The number of hydrogen-bond donors (Lipinski definition) is 1. The topological polar surface area (TPSA) is 200 Å². The van der Waals surface area contributed by atoms with Gasteiger partial charge < -0.3 is 57.4 Å². The maximum atomic E-state index is 11.1. The van der Waals surface area contributed by atoms with Crippen LogP contribution < -0.4 is 5.32 Å². The Morgan fingerprint density at radius 2 is 0.809 bits per heavy atom. The minimum absolute atomic E-state index is 0.186. The fraction of sp³-hybridized carbons (Fsp3) is 0.793. The van der Waals surface area contributed by atoms with Gasteiger partial charge in [-0.2, -0.15) is 0 Å². The Kier molecular flexibility index (Phi) is 28.8. The van der Waals surface area contributed by atoms with Crippen molar-refractivity contribution in [1.82, 2.24) is 0 Å². The van der Waals surface area contributed by atoms with Gasteiger partial charge in [0.15, 0.2) is 0 Å². The summed E-state index contributed by atoms with van der Waals surface area (Å²) in [6.45, 7) is 10.1. The van der Waals surface area contributed by atoms with Crippen LogP contribution in [0, 0.1) is 20.2 Å². The van der Waals surface area contributed by atoms with E-state index < -0.39 is 9.85 Å². The highest BCUT2D eigenvalue weighted by Crippen LogP contribution is 2.28. The first-order valence-corrected chi connectivity index (χ1v) is 15.5. The zero-order valence-corrected chi connectivity index (χ0v) is 27.3. The van der Waals surface area contributed by atoms with E-state index in [9.17, 15) is 20.2 Å². The van der Waals surface area contributed by atoms with E-state index in [1.807, 2.05) is 0 Å². The van der Waals surface area contributed by atoms with Crippen LogP contribution in [-0.2, 0) is 52.1 Å². The highest BCUT2D eigenvalue weighted by molar-refractivity contribution is 5.65. The molecule has 0 unspecified atom stereocenters.